The van der Waals surface area contributed by atoms with Crippen LogP contribution in [-0.2, 0) is 0 Å². The molecule has 1 N–H and O–H groups in total. The molecule has 1 unspecified atom stereocenters. The van der Waals surface area contributed by atoms with E-state index in [9.17, 15) is 14.3 Å². The first-order valence-electron chi connectivity index (χ1n) is 6.99. The number of aryl methyl sites for hydroxylation is 1. The molecule has 0 aromatic heterocycles. The van der Waals surface area contributed by atoms with Crippen LogP contribution in [0.1, 0.15) is 34.0 Å². The lowest BCUT2D eigenvalue weighted by Gasteiger charge is -2.25. The second-order valence-corrected chi connectivity index (χ2v) is 5.35. The number of fused-ring (bicyclic) bond motifs is 1. The standard InChI is InChI=1S/C18H15FO3/c1-10-4-3-5-15(19)17(10)14-8-11(2)22-16-7-6-12(18(20)21)9-13(14)16/h3-9,11H,1-2H3,(H,20,21). The highest BCUT2D eigenvalue weighted by molar-refractivity contribution is 5.92. The topological polar surface area (TPSA) is 46.5 Å². The molecule has 2 aromatic carbocycles. The normalized spacial score (nSPS) is 16.5. The minimum Gasteiger partial charge on any atom is -0.486 e. The third kappa shape index (κ3) is 2.37. The molecule has 112 valence electrons. The van der Waals surface area contributed by atoms with E-state index in [-0.39, 0.29) is 17.5 Å². The third-order valence-electron chi connectivity index (χ3n) is 3.72. The smallest absolute Gasteiger partial charge is 0.335 e. The van der Waals surface area contributed by atoms with E-state index in [0.717, 1.165) is 5.56 Å². The molecule has 0 fully saturated rings. The molecule has 0 bridgehead atoms. The Kier molecular flexibility index (Phi) is 3.45. The van der Waals surface area contributed by atoms with E-state index in [4.69, 9.17) is 4.74 Å². The number of carboxylic acids is 1. The molecule has 2 aromatic rings. The van der Waals surface area contributed by atoms with Gasteiger partial charge >= 0.3 is 5.97 Å². The highest BCUT2D eigenvalue weighted by Crippen LogP contribution is 2.38. The van der Waals surface area contributed by atoms with Crippen LogP contribution in [-0.4, -0.2) is 17.2 Å². The highest BCUT2D eigenvalue weighted by atomic mass is 19.1. The van der Waals surface area contributed by atoms with Gasteiger partial charge in [0.1, 0.15) is 17.7 Å². The van der Waals surface area contributed by atoms with Crippen LogP contribution >= 0.6 is 0 Å². The van der Waals surface area contributed by atoms with E-state index >= 15 is 0 Å². The van der Waals surface area contributed by atoms with Crippen molar-refractivity contribution in [2.24, 2.45) is 0 Å². The van der Waals surface area contributed by atoms with Crippen molar-refractivity contribution in [1.29, 1.82) is 0 Å². The van der Waals surface area contributed by atoms with E-state index in [2.05, 4.69) is 0 Å². The van der Waals surface area contributed by atoms with Gasteiger partial charge in [-0.3, -0.25) is 0 Å². The molecule has 1 aliphatic heterocycles. The number of aromatic carboxylic acids is 1. The lowest BCUT2D eigenvalue weighted by atomic mass is 9.90. The van der Waals surface area contributed by atoms with Gasteiger partial charge < -0.3 is 9.84 Å². The number of ether oxygens (including phenoxy) is 1. The Balaban J connectivity index is 2.25. The third-order valence-corrected chi connectivity index (χ3v) is 3.72. The van der Waals surface area contributed by atoms with Gasteiger partial charge in [0.25, 0.3) is 0 Å². The maximum absolute atomic E-state index is 14.3. The van der Waals surface area contributed by atoms with Gasteiger partial charge in [-0.2, -0.15) is 0 Å². The molecule has 0 radical (unpaired) electrons. The molecule has 0 saturated carbocycles. The minimum atomic E-state index is -1.02. The van der Waals surface area contributed by atoms with E-state index in [1.165, 1.54) is 18.2 Å². The number of rotatable bonds is 2. The number of hydrogen-bond donors (Lipinski definition) is 1. The Labute approximate surface area is 127 Å². The molecule has 3 nitrogen and oxygen atoms in total. The molecule has 0 saturated heterocycles. The molecule has 22 heavy (non-hydrogen) atoms. The monoisotopic (exact) mass is 298 g/mol. The summed E-state index contributed by atoms with van der Waals surface area (Å²) in [6.45, 7) is 3.70. The number of carboxylic acid groups (broad SMARTS) is 1. The van der Waals surface area contributed by atoms with Crippen LogP contribution in [0.25, 0.3) is 5.57 Å². The average Bonchev–Trinajstić information content (AvgIpc) is 2.46. The Hall–Kier alpha value is -2.62. The van der Waals surface area contributed by atoms with Gasteiger partial charge in [0.2, 0.25) is 0 Å². The van der Waals surface area contributed by atoms with Crippen molar-refractivity contribution in [2.45, 2.75) is 20.0 Å². The molecular weight excluding hydrogens is 283 g/mol. The van der Waals surface area contributed by atoms with Crippen molar-refractivity contribution in [1.82, 2.24) is 0 Å². The van der Waals surface area contributed by atoms with E-state index in [1.807, 2.05) is 26.0 Å². The van der Waals surface area contributed by atoms with Crippen LogP contribution in [0.5, 0.6) is 5.75 Å². The van der Waals surface area contributed by atoms with Gasteiger partial charge in [0.05, 0.1) is 5.56 Å². The summed E-state index contributed by atoms with van der Waals surface area (Å²) in [4.78, 5) is 11.2. The van der Waals surface area contributed by atoms with Crippen molar-refractivity contribution in [2.75, 3.05) is 0 Å². The molecule has 1 aliphatic rings. The second kappa shape index (κ2) is 5.30. The first-order chi connectivity index (χ1) is 10.5. The van der Waals surface area contributed by atoms with E-state index in [0.29, 0.717) is 22.4 Å². The largest absolute Gasteiger partial charge is 0.486 e. The summed E-state index contributed by atoms with van der Waals surface area (Å²) in [5.41, 5.74) is 2.71. The Morgan fingerprint density at radius 2 is 2.05 bits per heavy atom. The predicted octanol–water partition coefficient (Wildman–Crippen LogP) is 4.04. The van der Waals surface area contributed by atoms with Gasteiger partial charge in [0.15, 0.2) is 0 Å². The van der Waals surface area contributed by atoms with Gasteiger partial charge in [-0.25, -0.2) is 9.18 Å². The first kappa shape index (κ1) is 14.3. The fourth-order valence-electron chi connectivity index (χ4n) is 2.73. The van der Waals surface area contributed by atoms with Crippen LogP contribution in [0.3, 0.4) is 0 Å². The van der Waals surface area contributed by atoms with Crippen LogP contribution in [0.4, 0.5) is 4.39 Å². The molecule has 0 aliphatic carbocycles. The minimum absolute atomic E-state index is 0.150. The molecule has 0 spiro atoms. The number of hydrogen-bond acceptors (Lipinski definition) is 2. The van der Waals surface area contributed by atoms with Gasteiger partial charge in [-0.05, 0) is 55.3 Å². The quantitative estimate of drug-likeness (QED) is 0.910. The number of carbonyl (C=O) groups is 1. The van der Waals surface area contributed by atoms with Gasteiger partial charge in [-0.1, -0.05) is 12.1 Å². The van der Waals surface area contributed by atoms with Crippen LogP contribution in [0, 0.1) is 12.7 Å². The lowest BCUT2D eigenvalue weighted by Crippen LogP contribution is -2.16. The van der Waals surface area contributed by atoms with E-state index < -0.39 is 5.97 Å². The molecular formula is C18H15FO3. The Morgan fingerprint density at radius 1 is 1.27 bits per heavy atom. The van der Waals surface area contributed by atoms with Gasteiger partial charge in [0, 0.05) is 11.1 Å². The zero-order valence-corrected chi connectivity index (χ0v) is 12.3. The zero-order valence-electron chi connectivity index (χ0n) is 12.3. The fourth-order valence-corrected chi connectivity index (χ4v) is 2.73. The maximum Gasteiger partial charge on any atom is 0.335 e. The summed E-state index contributed by atoms with van der Waals surface area (Å²) in [5.74, 6) is -0.782. The Bertz CT molecular complexity index is 773. The summed E-state index contributed by atoms with van der Waals surface area (Å²) in [6.07, 6.45) is 1.61. The van der Waals surface area contributed by atoms with Crippen molar-refractivity contribution in [3.8, 4) is 5.75 Å². The van der Waals surface area contributed by atoms with Crippen molar-refractivity contribution in [3.63, 3.8) is 0 Å². The van der Waals surface area contributed by atoms with Crippen LogP contribution in [0.15, 0.2) is 42.5 Å². The molecule has 1 heterocycles. The zero-order chi connectivity index (χ0) is 15.9. The maximum atomic E-state index is 14.3. The molecule has 3 rings (SSSR count). The first-order valence-corrected chi connectivity index (χ1v) is 6.99. The summed E-state index contributed by atoms with van der Waals surface area (Å²) in [6, 6.07) is 9.54. The number of benzene rings is 2. The average molecular weight is 298 g/mol. The van der Waals surface area contributed by atoms with Crippen molar-refractivity contribution < 1.29 is 19.0 Å². The predicted molar refractivity (Wildman–Crippen MR) is 81.7 cm³/mol. The number of halogens is 1. The van der Waals surface area contributed by atoms with Gasteiger partial charge in [-0.15, -0.1) is 0 Å². The SMILES string of the molecule is Cc1cccc(F)c1C1=CC(C)Oc2ccc(C(=O)O)cc21. The van der Waals surface area contributed by atoms with Crippen molar-refractivity contribution >= 4 is 11.5 Å². The van der Waals surface area contributed by atoms with Crippen molar-refractivity contribution in [3.05, 3.63) is 70.5 Å². The summed E-state index contributed by atoms with van der Waals surface area (Å²) in [5, 5.41) is 9.17. The van der Waals surface area contributed by atoms with Crippen LogP contribution in [0.2, 0.25) is 0 Å². The lowest BCUT2D eigenvalue weighted by molar-refractivity contribution is 0.0697. The summed E-state index contributed by atoms with van der Waals surface area (Å²) in [7, 11) is 0. The summed E-state index contributed by atoms with van der Waals surface area (Å²) >= 11 is 0. The molecule has 0 amide bonds. The second-order valence-electron chi connectivity index (χ2n) is 5.35. The van der Waals surface area contributed by atoms with E-state index in [1.54, 1.807) is 12.1 Å². The molecule has 1 atom stereocenters. The summed E-state index contributed by atoms with van der Waals surface area (Å²) < 4.78 is 20.0. The van der Waals surface area contributed by atoms with Crippen LogP contribution < -0.4 is 4.74 Å². The fraction of sp³-hybridized carbons (Fsp3) is 0.167. The highest BCUT2D eigenvalue weighted by Gasteiger charge is 2.23. The Morgan fingerprint density at radius 3 is 2.73 bits per heavy atom. The molecule has 4 heteroatoms.